The van der Waals surface area contributed by atoms with Gasteiger partial charge in [-0.05, 0) is 32.3 Å². The molecule has 1 rings (SSSR count). The second-order valence-electron chi connectivity index (χ2n) is 6.06. The van der Waals surface area contributed by atoms with E-state index in [0.29, 0.717) is 26.1 Å². The van der Waals surface area contributed by atoms with Gasteiger partial charge in [-0.25, -0.2) is 0 Å². The number of halogens is 1. The fraction of sp³-hybridized carbons (Fsp3) is 0.600. The molecule has 1 aromatic rings. The molecule has 0 saturated carbocycles. The zero-order chi connectivity index (χ0) is 19.0. The lowest BCUT2D eigenvalue weighted by molar-refractivity contribution is -0.120. The van der Waals surface area contributed by atoms with Crippen molar-refractivity contribution in [2.75, 3.05) is 32.8 Å². The Morgan fingerprint density at radius 1 is 1.11 bits per heavy atom. The number of guanidine groups is 1. The Balaban J connectivity index is 0.00000676. The van der Waals surface area contributed by atoms with Crippen LogP contribution in [0.2, 0.25) is 0 Å². The number of hydrogen-bond donors (Lipinski definition) is 3. The predicted octanol–water partition coefficient (Wildman–Crippen LogP) is 3.24. The molecule has 27 heavy (non-hydrogen) atoms. The molecule has 1 aromatic carbocycles. The fourth-order valence-electron chi connectivity index (χ4n) is 2.32. The number of nitrogens with one attached hydrogen (secondary N) is 3. The summed E-state index contributed by atoms with van der Waals surface area (Å²) < 4.78 is 5.86. The van der Waals surface area contributed by atoms with E-state index in [-0.39, 0.29) is 36.0 Å². The van der Waals surface area contributed by atoms with Crippen LogP contribution in [0.1, 0.15) is 51.7 Å². The van der Waals surface area contributed by atoms with Gasteiger partial charge in [-0.2, -0.15) is 0 Å². The van der Waals surface area contributed by atoms with Crippen LogP contribution in [0.5, 0.6) is 0 Å². The fourth-order valence-corrected chi connectivity index (χ4v) is 2.32. The maximum Gasteiger partial charge on any atom is 0.221 e. The maximum atomic E-state index is 11.6. The van der Waals surface area contributed by atoms with E-state index in [2.05, 4.69) is 40.0 Å². The minimum absolute atomic E-state index is 0. The zero-order valence-corrected chi connectivity index (χ0v) is 19.1. The Morgan fingerprint density at radius 2 is 1.85 bits per heavy atom. The molecule has 154 valence electrons. The minimum atomic E-state index is 0. The highest BCUT2D eigenvalue weighted by Crippen LogP contribution is 2.15. The molecule has 0 aliphatic rings. The quantitative estimate of drug-likeness (QED) is 0.182. The van der Waals surface area contributed by atoms with E-state index in [9.17, 15) is 4.79 Å². The number of hydrogen-bond acceptors (Lipinski definition) is 3. The highest BCUT2D eigenvalue weighted by molar-refractivity contribution is 14.0. The zero-order valence-electron chi connectivity index (χ0n) is 16.8. The molecule has 6 nitrogen and oxygen atoms in total. The predicted molar refractivity (Wildman–Crippen MR) is 123 cm³/mol. The largest absolute Gasteiger partial charge is 0.374 e. The average Bonchev–Trinajstić information content (AvgIpc) is 2.66. The molecule has 0 aliphatic carbocycles. The van der Waals surface area contributed by atoms with Gasteiger partial charge in [-0.15, -0.1) is 24.0 Å². The van der Waals surface area contributed by atoms with Crippen LogP contribution in [0.15, 0.2) is 35.3 Å². The summed E-state index contributed by atoms with van der Waals surface area (Å²) in [6.07, 6.45) is 2.34. The number of benzene rings is 1. The van der Waals surface area contributed by atoms with Crippen LogP contribution < -0.4 is 16.0 Å². The van der Waals surface area contributed by atoms with Crippen LogP contribution in [0.4, 0.5) is 0 Å². The molecular weight excluding hydrogens is 455 g/mol. The number of aliphatic imine (C=N–C) groups is 1. The molecule has 0 radical (unpaired) electrons. The first-order valence-electron chi connectivity index (χ1n) is 9.62. The summed E-state index contributed by atoms with van der Waals surface area (Å²) in [5, 5.41) is 9.25. The minimum Gasteiger partial charge on any atom is -0.374 e. The molecule has 0 aromatic heterocycles. The second-order valence-corrected chi connectivity index (χ2v) is 6.06. The normalized spacial score (nSPS) is 12.0. The van der Waals surface area contributed by atoms with Gasteiger partial charge in [0.05, 0.1) is 6.10 Å². The number of carbonyl (C=O) groups excluding carboxylic acids is 1. The highest BCUT2D eigenvalue weighted by atomic mass is 127. The molecule has 7 heteroatoms. The third kappa shape index (κ3) is 12.6. The molecule has 3 N–H and O–H groups in total. The van der Waals surface area contributed by atoms with Crippen molar-refractivity contribution in [2.24, 2.45) is 4.99 Å². The average molecular weight is 490 g/mol. The summed E-state index contributed by atoms with van der Waals surface area (Å²) in [4.78, 5) is 16.1. The van der Waals surface area contributed by atoms with E-state index >= 15 is 0 Å². The van der Waals surface area contributed by atoms with Gasteiger partial charge in [-0.1, -0.05) is 37.3 Å². The Kier molecular flexibility index (Phi) is 16.0. The van der Waals surface area contributed by atoms with Crippen LogP contribution in [0.25, 0.3) is 0 Å². The van der Waals surface area contributed by atoms with E-state index in [1.165, 1.54) is 5.56 Å². The SMILES string of the molecule is CCCNC(=O)CCNC(=NCCCOC(C)c1ccccc1)NCC.I. The molecule has 0 heterocycles. The van der Waals surface area contributed by atoms with Gasteiger partial charge >= 0.3 is 0 Å². The van der Waals surface area contributed by atoms with E-state index in [1.807, 2.05) is 32.0 Å². The molecule has 0 saturated heterocycles. The van der Waals surface area contributed by atoms with Crippen LogP contribution in [0.3, 0.4) is 0 Å². The Labute approximate surface area is 181 Å². The van der Waals surface area contributed by atoms with Crippen LogP contribution in [0, 0.1) is 0 Å². The van der Waals surface area contributed by atoms with Crippen LogP contribution in [-0.2, 0) is 9.53 Å². The lowest BCUT2D eigenvalue weighted by atomic mass is 10.1. The lowest BCUT2D eigenvalue weighted by Crippen LogP contribution is -2.39. The van der Waals surface area contributed by atoms with Gasteiger partial charge in [0.2, 0.25) is 5.91 Å². The topological polar surface area (TPSA) is 74.8 Å². The molecular formula is C20H35IN4O2. The third-order valence-electron chi connectivity index (χ3n) is 3.77. The van der Waals surface area contributed by atoms with Crippen molar-refractivity contribution < 1.29 is 9.53 Å². The van der Waals surface area contributed by atoms with Crippen LogP contribution >= 0.6 is 24.0 Å². The van der Waals surface area contributed by atoms with Crippen molar-refractivity contribution in [1.29, 1.82) is 0 Å². The number of ether oxygens (including phenoxy) is 1. The number of carbonyl (C=O) groups is 1. The van der Waals surface area contributed by atoms with Crippen molar-refractivity contribution in [3.8, 4) is 0 Å². The summed E-state index contributed by atoms with van der Waals surface area (Å²) in [5.41, 5.74) is 1.19. The molecule has 0 aliphatic heterocycles. The van der Waals surface area contributed by atoms with E-state index in [4.69, 9.17) is 4.74 Å². The highest BCUT2D eigenvalue weighted by Gasteiger charge is 2.04. The van der Waals surface area contributed by atoms with Crippen molar-refractivity contribution in [2.45, 2.75) is 46.1 Å². The molecule has 1 amide bonds. The first-order chi connectivity index (χ1) is 12.7. The van der Waals surface area contributed by atoms with Crippen molar-refractivity contribution in [3.05, 3.63) is 35.9 Å². The summed E-state index contributed by atoms with van der Waals surface area (Å²) in [6.45, 7) is 9.56. The summed E-state index contributed by atoms with van der Waals surface area (Å²) in [5.74, 6) is 0.811. The van der Waals surface area contributed by atoms with Crippen molar-refractivity contribution >= 4 is 35.8 Å². The van der Waals surface area contributed by atoms with E-state index < -0.39 is 0 Å². The van der Waals surface area contributed by atoms with E-state index in [0.717, 1.165) is 31.9 Å². The maximum absolute atomic E-state index is 11.6. The smallest absolute Gasteiger partial charge is 0.221 e. The Morgan fingerprint density at radius 3 is 2.52 bits per heavy atom. The van der Waals surface area contributed by atoms with Gasteiger partial charge in [-0.3, -0.25) is 9.79 Å². The molecule has 0 spiro atoms. The third-order valence-corrected chi connectivity index (χ3v) is 3.77. The van der Waals surface area contributed by atoms with Gasteiger partial charge < -0.3 is 20.7 Å². The summed E-state index contributed by atoms with van der Waals surface area (Å²) in [6, 6.07) is 10.2. The van der Waals surface area contributed by atoms with Crippen molar-refractivity contribution in [1.82, 2.24) is 16.0 Å². The molecule has 1 atom stereocenters. The summed E-state index contributed by atoms with van der Waals surface area (Å²) >= 11 is 0. The number of rotatable bonds is 12. The van der Waals surface area contributed by atoms with Gasteiger partial charge in [0.1, 0.15) is 0 Å². The van der Waals surface area contributed by atoms with Gasteiger partial charge in [0.25, 0.3) is 0 Å². The van der Waals surface area contributed by atoms with Crippen molar-refractivity contribution in [3.63, 3.8) is 0 Å². The lowest BCUT2D eigenvalue weighted by Gasteiger charge is -2.13. The van der Waals surface area contributed by atoms with Crippen LogP contribution in [-0.4, -0.2) is 44.7 Å². The number of amides is 1. The Bertz CT molecular complexity index is 526. The monoisotopic (exact) mass is 490 g/mol. The summed E-state index contributed by atoms with van der Waals surface area (Å²) in [7, 11) is 0. The second kappa shape index (κ2) is 16.8. The first-order valence-corrected chi connectivity index (χ1v) is 9.62. The molecule has 1 unspecified atom stereocenters. The number of nitrogens with zero attached hydrogens (tertiary/aromatic N) is 1. The molecule has 0 fully saturated rings. The first kappa shape index (κ1) is 25.6. The Hall–Kier alpha value is -1.35. The van der Waals surface area contributed by atoms with E-state index in [1.54, 1.807) is 0 Å². The van der Waals surface area contributed by atoms with Gasteiger partial charge in [0.15, 0.2) is 5.96 Å². The molecule has 0 bridgehead atoms. The standard InChI is InChI=1S/C20H34N4O2.HI/c1-4-13-22-19(25)12-15-24-20(21-5-2)23-14-9-16-26-17(3)18-10-7-6-8-11-18;/h6-8,10-11,17H,4-5,9,12-16H2,1-3H3,(H,22,25)(H2,21,23,24);1H. The van der Waals surface area contributed by atoms with Gasteiger partial charge in [0, 0.05) is 39.2 Å².